The number of benzene rings is 1. The second-order valence-corrected chi connectivity index (χ2v) is 6.92. The molecular formula is C14H16N2O3S2. The number of carbonyl (C=O) groups is 2. The normalized spacial score (nSPS) is 15.4. The van der Waals surface area contributed by atoms with E-state index in [2.05, 4.69) is 10.3 Å². The third kappa shape index (κ3) is 4.50. The minimum Gasteiger partial charge on any atom is -0.478 e. The number of amides is 1. The summed E-state index contributed by atoms with van der Waals surface area (Å²) < 4.78 is 0.971. The van der Waals surface area contributed by atoms with Gasteiger partial charge in [-0.1, -0.05) is 30.4 Å². The molecule has 1 amide bonds. The number of rotatable bonds is 5. The van der Waals surface area contributed by atoms with Gasteiger partial charge in [0.2, 0.25) is 5.91 Å². The monoisotopic (exact) mass is 324 g/mol. The Hall–Kier alpha value is -1.47. The summed E-state index contributed by atoms with van der Waals surface area (Å²) in [5.74, 6) is -0.0799. The van der Waals surface area contributed by atoms with Gasteiger partial charge in [0.05, 0.1) is 17.4 Å². The van der Waals surface area contributed by atoms with Gasteiger partial charge in [0.1, 0.15) is 4.38 Å². The molecule has 1 heterocycles. The molecule has 112 valence electrons. The molecule has 7 heteroatoms. The highest BCUT2D eigenvalue weighted by molar-refractivity contribution is 8.39. The van der Waals surface area contributed by atoms with Crippen molar-refractivity contribution in [2.75, 3.05) is 17.6 Å². The number of aliphatic imine (C=N–C) groups is 1. The number of aromatic carboxylic acids is 1. The molecule has 21 heavy (non-hydrogen) atoms. The first kappa shape index (κ1) is 15.9. The maximum atomic E-state index is 12.2. The highest BCUT2D eigenvalue weighted by atomic mass is 32.2. The molecule has 2 rings (SSSR count). The standard InChI is InChI=1S/C14H16N2O3S2/c1-2-11(21-14-15-7-8-20-14)12(17)16-10-5-3-9(4-6-10)13(18)19/h3-6,11H,2,7-8H2,1H3,(H,16,17)(H,18,19). The van der Waals surface area contributed by atoms with Crippen LogP contribution in [0.25, 0.3) is 0 Å². The molecule has 1 atom stereocenters. The maximum Gasteiger partial charge on any atom is 0.335 e. The molecule has 1 aliphatic heterocycles. The Bertz CT molecular complexity index is 558. The first-order chi connectivity index (χ1) is 10.1. The molecule has 5 nitrogen and oxygen atoms in total. The second-order valence-electron chi connectivity index (χ2n) is 4.38. The van der Waals surface area contributed by atoms with Gasteiger partial charge in [0.25, 0.3) is 0 Å². The van der Waals surface area contributed by atoms with Gasteiger partial charge in [0.15, 0.2) is 0 Å². The Kier molecular flexibility index (Phi) is 5.69. The summed E-state index contributed by atoms with van der Waals surface area (Å²) in [5, 5.41) is 11.5. The van der Waals surface area contributed by atoms with Gasteiger partial charge in [-0.05, 0) is 30.7 Å². The zero-order valence-electron chi connectivity index (χ0n) is 11.5. The van der Waals surface area contributed by atoms with Crippen LogP contribution in [0.5, 0.6) is 0 Å². The van der Waals surface area contributed by atoms with Crippen LogP contribution in [0.4, 0.5) is 5.69 Å². The number of nitrogens with one attached hydrogen (secondary N) is 1. The smallest absolute Gasteiger partial charge is 0.335 e. The van der Waals surface area contributed by atoms with E-state index < -0.39 is 5.97 Å². The van der Waals surface area contributed by atoms with Gasteiger partial charge in [0, 0.05) is 11.4 Å². The summed E-state index contributed by atoms with van der Waals surface area (Å²) in [6.45, 7) is 2.78. The van der Waals surface area contributed by atoms with Crippen molar-refractivity contribution in [2.24, 2.45) is 4.99 Å². The fourth-order valence-electron chi connectivity index (χ4n) is 1.75. The summed E-state index contributed by atoms with van der Waals surface area (Å²) in [7, 11) is 0. The lowest BCUT2D eigenvalue weighted by Gasteiger charge is -2.14. The fraction of sp³-hybridized carbons (Fsp3) is 0.357. The Morgan fingerprint density at radius 2 is 2.14 bits per heavy atom. The van der Waals surface area contributed by atoms with Crippen LogP contribution >= 0.6 is 23.5 Å². The van der Waals surface area contributed by atoms with Crippen LogP contribution in [-0.2, 0) is 4.79 Å². The van der Waals surface area contributed by atoms with Crippen LogP contribution in [0.15, 0.2) is 29.3 Å². The van der Waals surface area contributed by atoms with Crippen LogP contribution in [0.2, 0.25) is 0 Å². The predicted octanol–water partition coefficient (Wildman–Crippen LogP) is 2.94. The number of thioether (sulfide) groups is 2. The van der Waals surface area contributed by atoms with Crippen LogP contribution in [0.1, 0.15) is 23.7 Å². The number of nitrogens with zero attached hydrogens (tertiary/aromatic N) is 1. The lowest BCUT2D eigenvalue weighted by atomic mass is 10.2. The molecule has 0 aliphatic carbocycles. The number of hydrogen-bond donors (Lipinski definition) is 2. The van der Waals surface area contributed by atoms with Gasteiger partial charge in [-0.15, -0.1) is 0 Å². The average Bonchev–Trinajstić information content (AvgIpc) is 2.98. The van der Waals surface area contributed by atoms with Crippen molar-refractivity contribution in [1.29, 1.82) is 0 Å². The summed E-state index contributed by atoms with van der Waals surface area (Å²) >= 11 is 3.18. The fourth-order valence-corrected chi connectivity index (χ4v) is 3.90. The molecule has 0 saturated heterocycles. The van der Waals surface area contributed by atoms with E-state index in [1.54, 1.807) is 23.9 Å². The molecule has 1 aromatic carbocycles. The van der Waals surface area contributed by atoms with E-state index in [4.69, 9.17) is 5.11 Å². The first-order valence-electron chi connectivity index (χ1n) is 6.58. The van der Waals surface area contributed by atoms with Crippen LogP contribution in [-0.4, -0.2) is 38.9 Å². The quantitative estimate of drug-likeness (QED) is 0.870. The molecule has 2 N–H and O–H groups in total. The third-order valence-corrected chi connectivity index (χ3v) is 5.43. The molecular weight excluding hydrogens is 308 g/mol. The molecule has 0 aromatic heterocycles. The van der Waals surface area contributed by atoms with E-state index in [1.165, 1.54) is 23.9 Å². The number of hydrogen-bond acceptors (Lipinski definition) is 5. The Morgan fingerprint density at radius 3 is 2.67 bits per heavy atom. The minimum atomic E-state index is -0.980. The van der Waals surface area contributed by atoms with Crippen LogP contribution < -0.4 is 5.32 Å². The van der Waals surface area contributed by atoms with Gasteiger partial charge in [-0.25, -0.2) is 4.79 Å². The van der Waals surface area contributed by atoms with Crippen molar-refractivity contribution in [3.8, 4) is 0 Å². The van der Waals surface area contributed by atoms with E-state index in [1.807, 2.05) is 6.92 Å². The number of carboxylic acid groups (broad SMARTS) is 1. The molecule has 1 aromatic rings. The van der Waals surface area contributed by atoms with Gasteiger partial charge < -0.3 is 10.4 Å². The summed E-state index contributed by atoms with van der Waals surface area (Å²) in [6.07, 6.45) is 0.712. The zero-order valence-corrected chi connectivity index (χ0v) is 13.2. The Labute approximate surface area is 131 Å². The molecule has 0 bridgehead atoms. The first-order valence-corrected chi connectivity index (χ1v) is 8.44. The highest BCUT2D eigenvalue weighted by Crippen LogP contribution is 2.28. The SMILES string of the molecule is CCC(SC1=NCCS1)C(=O)Nc1ccc(C(=O)O)cc1. The van der Waals surface area contributed by atoms with E-state index in [9.17, 15) is 9.59 Å². The van der Waals surface area contributed by atoms with E-state index >= 15 is 0 Å². The summed E-state index contributed by atoms with van der Waals surface area (Å²) in [6, 6.07) is 6.15. The topological polar surface area (TPSA) is 78.8 Å². The summed E-state index contributed by atoms with van der Waals surface area (Å²) in [4.78, 5) is 27.4. The van der Waals surface area contributed by atoms with Crippen molar-refractivity contribution in [2.45, 2.75) is 18.6 Å². The van der Waals surface area contributed by atoms with Crippen LogP contribution in [0, 0.1) is 0 Å². The van der Waals surface area contributed by atoms with Crippen molar-refractivity contribution in [1.82, 2.24) is 0 Å². The Morgan fingerprint density at radius 1 is 1.43 bits per heavy atom. The molecule has 0 radical (unpaired) electrons. The van der Waals surface area contributed by atoms with Gasteiger partial charge >= 0.3 is 5.97 Å². The minimum absolute atomic E-state index is 0.0826. The number of carbonyl (C=O) groups excluding carboxylic acids is 1. The average molecular weight is 324 g/mol. The van der Waals surface area contributed by atoms with Crippen molar-refractivity contribution in [3.63, 3.8) is 0 Å². The number of anilines is 1. The molecule has 0 fully saturated rings. The number of carboxylic acids is 1. The van der Waals surface area contributed by atoms with E-state index in [-0.39, 0.29) is 16.7 Å². The van der Waals surface area contributed by atoms with Gasteiger partial charge in [-0.2, -0.15) is 0 Å². The Balaban J connectivity index is 1.96. The largest absolute Gasteiger partial charge is 0.478 e. The predicted molar refractivity (Wildman–Crippen MR) is 88.5 cm³/mol. The molecule has 0 spiro atoms. The second kappa shape index (κ2) is 7.51. The van der Waals surface area contributed by atoms with E-state index in [0.29, 0.717) is 12.1 Å². The van der Waals surface area contributed by atoms with Crippen molar-refractivity contribution >= 4 is 45.5 Å². The summed E-state index contributed by atoms with van der Waals surface area (Å²) in [5.41, 5.74) is 0.802. The third-order valence-electron chi connectivity index (χ3n) is 2.86. The van der Waals surface area contributed by atoms with Gasteiger partial charge in [-0.3, -0.25) is 9.79 Å². The maximum absolute atomic E-state index is 12.2. The van der Waals surface area contributed by atoms with E-state index in [0.717, 1.165) is 16.7 Å². The molecule has 0 saturated carbocycles. The molecule has 1 aliphatic rings. The van der Waals surface area contributed by atoms with Crippen LogP contribution in [0.3, 0.4) is 0 Å². The molecule has 1 unspecified atom stereocenters. The highest BCUT2D eigenvalue weighted by Gasteiger charge is 2.21. The lowest BCUT2D eigenvalue weighted by molar-refractivity contribution is -0.115. The zero-order chi connectivity index (χ0) is 15.2. The lowest BCUT2D eigenvalue weighted by Crippen LogP contribution is -2.25. The van der Waals surface area contributed by atoms with Crippen molar-refractivity contribution in [3.05, 3.63) is 29.8 Å². The van der Waals surface area contributed by atoms with Crippen molar-refractivity contribution < 1.29 is 14.7 Å².